The largest absolute Gasteiger partial charge is 0.307 e. The van der Waals surface area contributed by atoms with E-state index in [1.54, 1.807) is 0 Å². The molecule has 20 heavy (non-hydrogen) atoms. The Labute approximate surface area is 130 Å². The molecule has 1 aliphatic rings. The van der Waals surface area contributed by atoms with E-state index >= 15 is 0 Å². The first-order valence-corrected chi connectivity index (χ1v) is 9.56. The summed E-state index contributed by atoms with van der Waals surface area (Å²) in [5.41, 5.74) is 1.46. The molecule has 0 aliphatic heterocycles. The van der Waals surface area contributed by atoms with Gasteiger partial charge in [0.2, 0.25) is 0 Å². The maximum absolute atomic E-state index is 3.86. The van der Waals surface area contributed by atoms with Crippen LogP contribution in [-0.4, -0.2) is 17.5 Å². The van der Waals surface area contributed by atoms with Crippen LogP contribution in [0.5, 0.6) is 0 Å². The van der Waals surface area contributed by atoms with Gasteiger partial charge in [-0.1, -0.05) is 18.2 Å². The number of aryl methyl sites for hydroxylation is 1. The monoisotopic (exact) mass is 305 g/mol. The van der Waals surface area contributed by atoms with E-state index in [-0.39, 0.29) is 0 Å². The lowest BCUT2D eigenvalue weighted by molar-refractivity contribution is 0.465. The molecule has 3 atom stereocenters. The van der Waals surface area contributed by atoms with E-state index in [4.69, 9.17) is 0 Å². The first-order chi connectivity index (χ1) is 9.69. The van der Waals surface area contributed by atoms with Crippen molar-refractivity contribution >= 4 is 33.2 Å². The number of nitrogens with one attached hydrogen (secondary N) is 1. The van der Waals surface area contributed by atoms with Crippen LogP contribution in [0.2, 0.25) is 0 Å². The standard InChI is InChI=1S/C17H23NS2/c1-11-15-6-4-5-7-16(15)20-17(11)12(2)18-13-8-9-14(10-13)19-3/h4-7,12-14,18H,8-10H2,1-3H3. The van der Waals surface area contributed by atoms with Crippen molar-refractivity contribution in [1.29, 1.82) is 0 Å². The second-order valence-corrected chi connectivity index (χ2v) is 8.07. The zero-order chi connectivity index (χ0) is 14.1. The third-order valence-electron chi connectivity index (χ3n) is 4.48. The molecule has 1 heterocycles. The highest BCUT2D eigenvalue weighted by Gasteiger charge is 2.26. The molecule has 2 aromatic rings. The quantitative estimate of drug-likeness (QED) is 0.839. The van der Waals surface area contributed by atoms with Crippen molar-refractivity contribution in [2.45, 2.75) is 50.4 Å². The first kappa shape index (κ1) is 14.4. The molecule has 0 saturated heterocycles. The minimum absolute atomic E-state index is 0.470. The van der Waals surface area contributed by atoms with Crippen LogP contribution in [0.25, 0.3) is 10.1 Å². The maximum Gasteiger partial charge on any atom is 0.0391 e. The van der Waals surface area contributed by atoms with E-state index in [9.17, 15) is 0 Å². The van der Waals surface area contributed by atoms with Crippen molar-refractivity contribution in [3.8, 4) is 0 Å². The summed E-state index contributed by atoms with van der Waals surface area (Å²) in [6, 6.07) is 9.94. The Morgan fingerprint density at radius 3 is 2.80 bits per heavy atom. The molecule has 1 saturated carbocycles. The maximum atomic E-state index is 3.86. The normalized spacial score (nSPS) is 24.4. The zero-order valence-electron chi connectivity index (χ0n) is 12.5. The number of benzene rings is 1. The highest BCUT2D eigenvalue weighted by Crippen LogP contribution is 2.36. The second kappa shape index (κ2) is 6.08. The number of rotatable bonds is 4. The van der Waals surface area contributed by atoms with Crippen LogP contribution in [-0.2, 0) is 0 Å². The van der Waals surface area contributed by atoms with Gasteiger partial charge < -0.3 is 5.32 Å². The van der Waals surface area contributed by atoms with Crippen molar-refractivity contribution in [2.75, 3.05) is 6.26 Å². The molecule has 3 rings (SSSR count). The number of fused-ring (bicyclic) bond motifs is 1. The Bertz CT molecular complexity index is 590. The summed E-state index contributed by atoms with van der Waals surface area (Å²) >= 11 is 3.98. The lowest BCUT2D eigenvalue weighted by Crippen LogP contribution is -2.29. The molecule has 1 aromatic carbocycles. The van der Waals surface area contributed by atoms with Crippen LogP contribution in [0, 0.1) is 6.92 Å². The molecule has 108 valence electrons. The van der Waals surface area contributed by atoms with Crippen LogP contribution in [0.1, 0.15) is 42.7 Å². The molecule has 1 nitrogen and oxygen atoms in total. The molecule has 3 heteroatoms. The SMILES string of the molecule is CSC1CCC(NC(C)c2sc3ccccc3c2C)C1. The van der Waals surface area contributed by atoms with Gasteiger partial charge in [-0.3, -0.25) is 0 Å². The Hall–Kier alpha value is -0.510. The Kier molecular flexibility index (Phi) is 4.39. The summed E-state index contributed by atoms with van der Waals surface area (Å²) in [5, 5.41) is 6.15. The van der Waals surface area contributed by atoms with Gasteiger partial charge in [0.25, 0.3) is 0 Å². The third kappa shape index (κ3) is 2.76. The number of thioether (sulfide) groups is 1. The van der Waals surface area contributed by atoms with Gasteiger partial charge in [-0.2, -0.15) is 11.8 Å². The minimum atomic E-state index is 0.470. The Morgan fingerprint density at radius 1 is 1.30 bits per heavy atom. The van der Waals surface area contributed by atoms with E-state index < -0.39 is 0 Å². The summed E-state index contributed by atoms with van der Waals surface area (Å²) < 4.78 is 1.42. The summed E-state index contributed by atoms with van der Waals surface area (Å²) in [6.45, 7) is 4.59. The fourth-order valence-electron chi connectivity index (χ4n) is 3.34. The number of hydrogen-bond acceptors (Lipinski definition) is 3. The van der Waals surface area contributed by atoms with Gasteiger partial charge in [0.1, 0.15) is 0 Å². The van der Waals surface area contributed by atoms with Crippen LogP contribution >= 0.6 is 23.1 Å². The van der Waals surface area contributed by atoms with E-state index in [2.05, 4.69) is 49.7 Å². The van der Waals surface area contributed by atoms with Crippen molar-refractivity contribution in [3.63, 3.8) is 0 Å². The van der Waals surface area contributed by atoms with Crippen LogP contribution < -0.4 is 5.32 Å². The highest BCUT2D eigenvalue weighted by molar-refractivity contribution is 7.99. The fourth-order valence-corrected chi connectivity index (χ4v) is 5.36. The molecule has 3 unspecified atom stereocenters. The van der Waals surface area contributed by atoms with E-state index in [1.165, 1.54) is 39.8 Å². The highest BCUT2D eigenvalue weighted by atomic mass is 32.2. The Balaban J connectivity index is 1.76. The van der Waals surface area contributed by atoms with Crippen molar-refractivity contribution < 1.29 is 0 Å². The van der Waals surface area contributed by atoms with Crippen LogP contribution in [0.4, 0.5) is 0 Å². The molecule has 1 fully saturated rings. The second-order valence-electron chi connectivity index (χ2n) is 5.84. The molecule has 0 bridgehead atoms. The minimum Gasteiger partial charge on any atom is -0.307 e. The molecule has 1 N–H and O–H groups in total. The summed E-state index contributed by atoms with van der Waals surface area (Å²) in [4.78, 5) is 1.51. The molecule has 1 aliphatic carbocycles. The van der Waals surface area contributed by atoms with Gasteiger partial charge in [-0.15, -0.1) is 11.3 Å². The van der Waals surface area contributed by atoms with E-state index in [1.807, 2.05) is 23.1 Å². The average Bonchev–Trinajstić information content (AvgIpc) is 3.04. The predicted molar refractivity (Wildman–Crippen MR) is 93.1 cm³/mol. The molecular formula is C17H23NS2. The summed E-state index contributed by atoms with van der Waals surface area (Å²) in [6.07, 6.45) is 6.28. The topological polar surface area (TPSA) is 12.0 Å². The predicted octanol–water partition coefficient (Wildman–Crippen LogP) is 5.14. The first-order valence-electron chi connectivity index (χ1n) is 7.46. The van der Waals surface area contributed by atoms with Gasteiger partial charge in [-0.25, -0.2) is 0 Å². The van der Waals surface area contributed by atoms with Gasteiger partial charge in [0.15, 0.2) is 0 Å². The third-order valence-corrected chi connectivity index (χ3v) is 7.03. The van der Waals surface area contributed by atoms with E-state index in [0.29, 0.717) is 12.1 Å². The van der Waals surface area contributed by atoms with Gasteiger partial charge in [0, 0.05) is 26.9 Å². The number of hydrogen-bond donors (Lipinski definition) is 1. The lowest BCUT2D eigenvalue weighted by atomic mass is 10.1. The molecule has 0 radical (unpaired) electrons. The number of thiophene rings is 1. The molecule has 1 aromatic heterocycles. The zero-order valence-corrected chi connectivity index (χ0v) is 14.1. The van der Waals surface area contributed by atoms with Crippen LogP contribution in [0.15, 0.2) is 24.3 Å². The van der Waals surface area contributed by atoms with Crippen molar-refractivity contribution in [3.05, 3.63) is 34.7 Å². The van der Waals surface area contributed by atoms with Gasteiger partial charge in [0.05, 0.1) is 0 Å². The summed E-state index contributed by atoms with van der Waals surface area (Å²) in [5.74, 6) is 0. The fraction of sp³-hybridized carbons (Fsp3) is 0.529. The van der Waals surface area contributed by atoms with Crippen molar-refractivity contribution in [2.24, 2.45) is 0 Å². The van der Waals surface area contributed by atoms with Crippen LogP contribution in [0.3, 0.4) is 0 Å². The molecule has 0 amide bonds. The van der Waals surface area contributed by atoms with Gasteiger partial charge >= 0.3 is 0 Å². The molecule has 0 spiro atoms. The average molecular weight is 306 g/mol. The molecular weight excluding hydrogens is 282 g/mol. The van der Waals surface area contributed by atoms with Gasteiger partial charge in [-0.05, 0) is 56.4 Å². The van der Waals surface area contributed by atoms with Crippen molar-refractivity contribution in [1.82, 2.24) is 5.32 Å². The van der Waals surface area contributed by atoms with E-state index in [0.717, 1.165) is 5.25 Å². The summed E-state index contributed by atoms with van der Waals surface area (Å²) in [7, 11) is 0. The Morgan fingerprint density at radius 2 is 2.10 bits per heavy atom. The smallest absolute Gasteiger partial charge is 0.0391 e. The lowest BCUT2D eigenvalue weighted by Gasteiger charge is -2.19.